The van der Waals surface area contributed by atoms with E-state index in [4.69, 9.17) is 0 Å². The maximum absolute atomic E-state index is 15.2. The van der Waals surface area contributed by atoms with Crippen molar-refractivity contribution in [3.8, 4) is 11.1 Å². The van der Waals surface area contributed by atoms with Gasteiger partial charge in [0, 0.05) is 27.2 Å². The first kappa shape index (κ1) is 27.3. The molecule has 0 saturated carbocycles. The van der Waals surface area contributed by atoms with Crippen molar-refractivity contribution in [1.29, 1.82) is 0 Å². The fourth-order valence-electron chi connectivity index (χ4n) is 2.92. The highest BCUT2D eigenvalue weighted by atomic mass is 79.9. The molecular weight excluding hydrogens is 555 g/mol. The molecule has 33 heavy (non-hydrogen) atoms. The lowest BCUT2D eigenvalue weighted by atomic mass is 9.81. The second kappa shape index (κ2) is 8.35. The maximum atomic E-state index is 15.2. The van der Waals surface area contributed by atoms with E-state index in [0.29, 0.717) is 0 Å². The van der Waals surface area contributed by atoms with Crippen molar-refractivity contribution in [2.24, 2.45) is 0 Å². The second-order valence-corrected chi connectivity index (χ2v) is 7.46. The summed E-state index contributed by atoms with van der Waals surface area (Å²) in [5.41, 5.74) is -14.3. The highest BCUT2D eigenvalue weighted by Gasteiger charge is 2.82. The van der Waals surface area contributed by atoms with Gasteiger partial charge in [0.2, 0.25) is 0 Å². The van der Waals surface area contributed by atoms with Crippen molar-refractivity contribution < 1.29 is 57.1 Å². The Morgan fingerprint density at radius 2 is 1.36 bits per heavy atom. The van der Waals surface area contributed by atoms with Crippen LogP contribution < -0.4 is 0 Å². The van der Waals surface area contributed by atoms with Crippen LogP contribution in [-0.2, 0) is 18.3 Å². The summed E-state index contributed by atoms with van der Waals surface area (Å²) in [6, 6.07) is 2.21. The lowest BCUT2D eigenvalue weighted by Crippen LogP contribution is -2.60. The average Bonchev–Trinajstić information content (AvgIpc) is 2.64. The van der Waals surface area contributed by atoms with Crippen molar-refractivity contribution in [3.63, 3.8) is 0 Å². The zero-order chi connectivity index (χ0) is 25.8. The molecule has 0 aliphatic heterocycles. The highest BCUT2D eigenvalue weighted by molar-refractivity contribution is 9.10. The van der Waals surface area contributed by atoms with E-state index in [1.165, 1.54) is 6.92 Å². The summed E-state index contributed by atoms with van der Waals surface area (Å²) in [4.78, 5) is 0. The van der Waals surface area contributed by atoms with E-state index in [9.17, 15) is 52.7 Å². The highest BCUT2D eigenvalue weighted by Crippen LogP contribution is 2.60. The minimum atomic E-state index is -7.11. The van der Waals surface area contributed by atoms with Gasteiger partial charge in [0.15, 0.2) is 0 Å². The van der Waals surface area contributed by atoms with Crippen LogP contribution in [0, 0.1) is 11.9 Å². The van der Waals surface area contributed by atoms with Crippen LogP contribution in [0.4, 0.5) is 57.1 Å². The van der Waals surface area contributed by atoms with Gasteiger partial charge in [-0.25, -0.2) is 8.78 Å². The minimum Gasteiger partial charge on any atom is -0.221 e. The van der Waals surface area contributed by atoms with Gasteiger partial charge in [0.05, 0.1) is 5.56 Å². The van der Waals surface area contributed by atoms with Crippen LogP contribution >= 0.6 is 15.9 Å². The van der Waals surface area contributed by atoms with Crippen LogP contribution in [0.15, 0.2) is 28.7 Å². The number of aryl methyl sites for hydroxylation is 1. The summed E-state index contributed by atoms with van der Waals surface area (Å²) in [5.74, 6) is -8.86. The van der Waals surface area contributed by atoms with Gasteiger partial charge >= 0.3 is 30.1 Å². The van der Waals surface area contributed by atoms with E-state index >= 15 is 4.39 Å². The Hall–Kier alpha value is -1.99. The Balaban J connectivity index is 3.12. The van der Waals surface area contributed by atoms with Crippen LogP contribution in [0.3, 0.4) is 0 Å². The summed E-state index contributed by atoms with van der Waals surface area (Å²) in [5, 5.41) is 0. The number of halogens is 14. The number of alkyl halides is 12. The fraction of sp³-hybridized carbons (Fsp3) is 0.368. The fourth-order valence-corrected chi connectivity index (χ4v) is 3.60. The zero-order valence-corrected chi connectivity index (χ0v) is 17.4. The summed E-state index contributed by atoms with van der Waals surface area (Å²) in [6.07, 6.45) is -19.6. The third-order valence-electron chi connectivity index (χ3n) is 4.57. The maximum Gasteiger partial charge on any atom is 0.457 e. The first-order valence-corrected chi connectivity index (χ1v) is 9.31. The van der Waals surface area contributed by atoms with Crippen LogP contribution in [0.5, 0.6) is 0 Å². The largest absolute Gasteiger partial charge is 0.457 e. The SMILES string of the molecule is CCc1[c]c(Br)c(-c2cc(C(F)(F)F)ccc2F)c(C(F)(C(F)(F)F)C(F)(F)C(F)(F)F)c1. The normalized spacial score (nSPS) is 15.5. The molecule has 0 aliphatic rings. The Morgan fingerprint density at radius 3 is 1.79 bits per heavy atom. The van der Waals surface area contributed by atoms with Crippen molar-refractivity contribution in [2.75, 3.05) is 0 Å². The molecule has 0 fully saturated rings. The molecule has 0 N–H and O–H groups in total. The van der Waals surface area contributed by atoms with Gasteiger partial charge < -0.3 is 0 Å². The average molecular weight is 564 g/mol. The van der Waals surface area contributed by atoms with Gasteiger partial charge in [-0.15, -0.1) is 0 Å². The Labute approximate surface area is 185 Å². The standard InChI is InChI=1S/C19H9BrF13/c1-2-8-5-11(15(22,18(28,29)30)17(26,27)19(31,32)33)14(12(20)6-8)10-7-9(16(23,24)25)3-4-13(10)21/h3-5,7H,2H2,1H3. The minimum absolute atomic E-state index is 0.0626. The Bertz CT molecular complexity index is 1030. The summed E-state index contributed by atoms with van der Waals surface area (Å²) in [6.45, 7) is 1.20. The molecule has 0 nitrogen and oxygen atoms in total. The molecule has 2 aromatic rings. The molecule has 0 saturated heterocycles. The molecule has 183 valence electrons. The Kier molecular flexibility index (Phi) is 6.89. The van der Waals surface area contributed by atoms with Crippen molar-refractivity contribution >= 4 is 15.9 Å². The molecule has 0 bridgehead atoms. The summed E-state index contributed by atoms with van der Waals surface area (Å²) < 4.78 is 175. The molecule has 0 amide bonds. The van der Waals surface area contributed by atoms with Gasteiger partial charge in [-0.1, -0.05) is 13.0 Å². The van der Waals surface area contributed by atoms with Crippen LogP contribution in [0.1, 0.15) is 23.6 Å². The van der Waals surface area contributed by atoms with E-state index in [1.807, 2.05) is 0 Å². The smallest absolute Gasteiger partial charge is 0.221 e. The van der Waals surface area contributed by atoms with Gasteiger partial charge in [-0.2, -0.15) is 48.3 Å². The van der Waals surface area contributed by atoms with Crippen LogP contribution in [0.2, 0.25) is 0 Å². The van der Waals surface area contributed by atoms with Gasteiger partial charge in [0.1, 0.15) is 5.82 Å². The Morgan fingerprint density at radius 1 is 0.818 bits per heavy atom. The summed E-state index contributed by atoms with van der Waals surface area (Å²) in [7, 11) is 0. The first-order chi connectivity index (χ1) is 14.7. The molecule has 0 aromatic heterocycles. The van der Waals surface area contributed by atoms with Gasteiger partial charge in [-0.3, -0.25) is 0 Å². The zero-order valence-electron chi connectivity index (χ0n) is 15.8. The molecule has 1 unspecified atom stereocenters. The predicted octanol–water partition coefficient (Wildman–Crippen LogP) is 8.56. The topological polar surface area (TPSA) is 0 Å². The van der Waals surface area contributed by atoms with E-state index in [0.717, 1.165) is 0 Å². The van der Waals surface area contributed by atoms with E-state index in [1.54, 1.807) is 0 Å². The van der Waals surface area contributed by atoms with E-state index in [2.05, 4.69) is 22.0 Å². The molecule has 2 aromatic carbocycles. The molecule has 0 aliphatic carbocycles. The van der Waals surface area contributed by atoms with Crippen molar-refractivity contribution in [2.45, 2.75) is 43.5 Å². The van der Waals surface area contributed by atoms with Crippen LogP contribution in [-0.4, -0.2) is 18.3 Å². The molecule has 1 atom stereocenters. The first-order valence-electron chi connectivity index (χ1n) is 8.52. The lowest BCUT2D eigenvalue weighted by molar-refractivity contribution is -0.389. The number of rotatable bonds is 4. The van der Waals surface area contributed by atoms with Crippen LogP contribution in [0.25, 0.3) is 11.1 Å². The lowest BCUT2D eigenvalue weighted by Gasteiger charge is -2.37. The van der Waals surface area contributed by atoms with E-state index < -0.39 is 68.2 Å². The second-order valence-electron chi connectivity index (χ2n) is 6.67. The quantitative estimate of drug-likeness (QED) is 0.327. The third kappa shape index (κ3) is 4.54. The molecule has 1 radical (unpaired) electrons. The molecule has 14 heteroatoms. The summed E-state index contributed by atoms with van der Waals surface area (Å²) >= 11 is 2.50. The monoisotopic (exact) mass is 563 g/mol. The number of hydrogen-bond donors (Lipinski definition) is 0. The molecule has 2 rings (SSSR count). The molecule has 0 heterocycles. The predicted molar refractivity (Wildman–Crippen MR) is 92.6 cm³/mol. The third-order valence-corrected chi connectivity index (χ3v) is 5.17. The van der Waals surface area contributed by atoms with E-state index in [-0.39, 0.29) is 30.7 Å². The van der Waals surface area contributed by atoms with Crippen molar-refractivity contribution in [3.05, 3.63) is 57.3 Å². The number of hydrogen-bond acceptors (Lipinski definition) is 0. The van der Waals surface area contributed by atoms with Crippen molar-refractivity contribution in [1.82, 2.24) is 0 Å². The molecule has 0 spiro atoms. The van der Waals surface area contributed by atoms with Gasteiger partial charge in [-0.05, 0) is 46.1 Å². The number of benzene rings is 2. The van der Waals surface area contributed by atoms with Gasteiger partial charge in [0.25, 0.3) is 0 Å². The molecular formula is C19H9BrF13.